The zero-order valence-corrected chi connectivity index (χ0v) is 16.1. The van der Waals surface area contributed by atoms with E-state index in [0.717, 1.165) is 22.0 Å². The lowest BCUT2D eigenvalue weighted by atomic mass is 10.1. The molecule has 7 heteroatoms. The summed E-state index contributed by atoms with van der Waals surface area (Å²) in [7, 11) is 0. The van der Waals surface area contributed by atoms with Crippen molar-refractivity contribution in [2.45, 2.75) is 13.8 Å². The summed E-state index contributed by atoms with van der Waals surface area (Å²) in [4.78, 5) is 16.7. The summed E-state index contributed by atoms with van der Waals surface area (Å²) in [6.45, 7) is 3.65. The normalized spacial score (nSPS) is 10.8. The Balaban J connectivity index is 1.56. The molecular formula is C21H17FN4OS. The smallest absolute Gasteiger partial charge is 0.258 e. The molecule has 28 heavy (non-hydrogen) atoms. The van der Waals surface area contributed by atoms with Gasteiger partial charge in [0.2, 0.25) is 5.13 Å². The van der Waals surface area contributed by atoms with Crippen molar-refractivity contribution in [1.29, 1.82) is 0 Å². The first kappa shape index (κ1) is 18.1. The monoisotopic (exact) mass is 392 g/mol. The molecule has 5 nitrogen and oxygen atoms in total. The summed E-state index contributed by atoms with van der Waals surface area (Å²) >= 11 is 1.51. The lowest BCUT2D eigenvalue weighted by molar-refractivity contribution is 0.102. The number of thiazole rings is 1. The van der Waals surface area contributed by atoms with Gasteiger partial charge >= 0.3 is 0 Å². The minimum Gasteiger partial charge on any atom is -0.322 e. The van der Waals surface area contributed by atoms with Crippen LogP contribution in [0.2, 0.25) is 0 Å². The molecule has 0 radical (unpaired) electrons. The van der Waals surface area contributed by atoms with Crippen molar-refractivity contribution in [3.8, 4) is 16.3 Å². The highest BCUT2D eigenvalue weighted by molar-refractivity contribution is 7.12. The number of benzene rings is 2. The average Bonchev–Trinajstić information content (AvgIpc) is 3.32. The van der Waals surface area contributed by atoms with Gasteiger partial charge in [-0.1, -0.05) is 24.3 Å². The van der Waals surface area contributed by atoms with Gasteiger partial charge in [-0.25, -0.2) is 14.1 Å². The second kappa shape index (κ2) is 7.36. The Kier molecular flexibility index (Phi) is 4.75. The third-order valence-electron chi connectivity index (χ3n) is 4.42. The molecule has 2 heterocycles. The predicted molar refractivity (Wildman–Crippen MR) is 108 cm³/mol. The molecule has 2 aromatic heterocycles. The Morgan fingerprint density at radius 3 is 2.61 bits per heavy atom. The SMILES string of the molecule is Cc1cccc(F)c1C(=O)Nc1ccc(-c2cn(-c3nccs3)nc2C)cc1. The van der Waals surface area contributed by atoms with Crippen LogP contribution in [0.3, 0.4) is 0 Å². The molecule has 0 unspecified atom stereocenters. The Bertz CT molecular complexity index is 1110. The highest BCUT2D eigenvalue weighted by Gasteiger charge is 2.15. The summed E-state index contributed by atoms with van der Waals surface area (Å²) in [5, 5.41) is 9.97. The van der Waals surface area contributed by atoms with Crippen molar-refractivity contribution < 1.29 is 9.18 Å². The second-order valence-corrected chi connectivity index (χ2v) is 7.22. The van der Waals surface area contributed by atoms with Crippen LogP contribution in [0.4, 0.5) is 10.1 Å². The predicted octanol–water partition coefficient (Wildman–Crippen LogP) is 5.00. The number of halogens is 1. The van der Waals surface area contributed by atoms with E-state index in [1.54, 1.807) is 42.1 Å². The average molecular weight is 392 g/mol. The van der Waals surface area contributed by atoms with E-state index in [1.807, 2.05) is 30.6 Å². The number of aromatic nitrogens is 3. The summed E-state index contributed by atoms with van der Waals surface area (Å²) in [5.74, 6) is -0.990. The van der Waals surface area contributed by atoms with Gasteiger partial charge in [0, 0.05) is 29.0 Å². The summed E-state index contributed by atoms with van der Waals surface area (Å²) in [5.41, 5.74) is 4.10. The fourth-order valence-electron chi connectivity index (χ4n) is 3.02. The lowest BCUT2D eigenvalue weighted by Gasteiger charge is -2.09. The number of carbonyl (C=O) groups is 1. The summed E-state index contributed by atoms with van der Waals surface area (Å²) < 4.78 is 15.7. The third kappa shape index (κ3) is 3.44. The Hall–Kier alpha value is -3.32. The number of rotatable bonds is 4. The number of aryl methyl sites for hydroxylation is 2. The molecule has 0 spiro atoms. The molecule has 2 aromatic carbocycles. The Morgan fingerprint density at radius 2 is 1.93 bits per heavy atom. The van der Waals surface area contributed by atoms with Crippen LogP contribution >= 0.6 is 11.3 Å². The summed E-state index contributed by atoms with van der Waals surface area (Å²) in [6.07, 6.45) is 3.68. The number of amides is 1. The van der Waals surface area contributed by atoms with Crippen LogP contribution in [0, 0.1) is 19.7 Å². The first-order chi connectivity index (χ1) is 13.5. The van der Waals surface area contributed by atoms with E-state index < -0.39 is 11.7 Å². The number of hydrogen-bond donors (Lipinski definition) is 1. The zero-order chi connectivity index (χ0) is 19.7. The van der Waals surface area contributed by atoms with E-state index in [9.17, 15) is 9.18 Å². The van der Waals surface area contributed by atoms with Crippen molar-refractivity contribution in [3.63, 3.8) is 0 Å². The van der Waals surface area contributed by atoms with Gasteiger partial charge in [0.1, 0.15) is 5.82 Å². The van der Waals surface area contributed by atoms with Gasteiger partial charge in [-0.05, 0) is 43.2 Å². The van der Waals surface area contributed by atoms with E-state index in [-0.39, 0.29) is 5.56 Å². The topological polar surface area (TPSA) is 59.8 Å². The van der Waals surface area contributed by atoms with Crippen LogP contribution in [0.25, 0.3) is 16.3 Å². The molecule has 1 amide bonds. The molecule has 0 bridgehead atoms. The maximum atomic E-state index is 14.0. The van der Waals surface area contributed by atoms with Crippen molar-refractivity contribution >= 4 is 22.9 Å². The Morgan fingerprint density at radius 1 is 1.14 bits per heavy atom. The van der Waals surface area contributed by atoms with Crippen LogP contribution < -0.4 is 5.32 Å². The standard InChI is InChI=1S/C21H17FN4OS/c1-13-4-3-5-18(22)19(13)20(27)24-16-8-6-15(7-9-16)17-12-26(25-14(17)2)21-23-10-11-28-21/h3-12H,1-2H3,(H,24,27). The van der Waals surface area contributed by atoms with Crippen LogP contribution in [0.15, 0.2) is 60.2 Å². The van der Waals surface area contributed by atoms with Crippen molar-refractivity contribution in [2.24, 2.45) is 0 Å². The lowest BCUT2D eigenvalue weighted by Crippen LogP contribution is -2.15. The van der Waals surface area contributed by atoms with Crippen molar-refractivity contribution in [1.82, 2.24) is 14.8 Å². The van der Waals surface area contributed by atoms with Gasteiger partial charge in [-0.3, -0.25) is 4.79 Å². The van der Waals surface area contributed by atoms with E-state index >= 15 is 0 Å². The van der Waals surface area contributed by atoms with Gasteiger partial charge in [0.25, 0.3) is 5.91 Å². The second-order valence-electron chi connectivity index (χ2n) is 6.35. The van der Waals surface area contributed by atoms with Gasteiger partial charge in [-0.2, -0.15) is 5.10 Å². The number of nitrogens with one attached hydrogen (secondary N) is 1. The molecule has 1 N–H and O–H groups in total. The molecule has 0 aliphatic rings. The first-order valence-electron chi connectivity index (χ1n) is 8.66. The molecule has 0 saturated heterocycles. The molecule has 0 aliphatic heterocycles. The Labute approximate surface area is 165 Å². The van der Waals surface area contributed by atoms with E-state index in [1.165, 1.54) is 17.4 Å². The number of nitrogens with zero attached hydrogens (tertiary/aromatic N) is 3. The van der Waals surface area contributed by atoms with Gasteiger partial charge in [0.05, 0.1) is 11.3 Å². The van der Waals surface area contributed by atoms with Crippen molar-refractivity contribution in [2.75, 3.05) is 5.32 Å². The van der Waals surface area contributed by atoms with Crippen LogP contribution in [0.1, 0.15) is 21.6 Å². The maximum Gasteiger partial charge on any atom is 0.258 e. The van der Waals surface area contributed by atoms with E-state index in [0.29, 0.717) is 11.3 Å². The van der Waals surface area contributed by atoms with Gasteiger partial charge in [-0.15, -0.1) is 11.3 Å². The summed E-state index contributed by atoms with van der Waals surface area (Å²) in [6, 6.07) is 12.0. The van der Waals surface area contributed by atoms with E-state index in [2.05, 4.69) is 15.4 Å². The third-order valence-corrected chi connectivity index (χ3v) is 5.18. The molecule has 4 aromatic rings. The van der Waals surface area contributed by atoms with Crippen LogP contribution in [-0.2, 0) is 0 Å². The van der Waals surface area contributed by atoms with Gasteiger partial charge < -0.3 is 5.32 Å². The molecular weight excluding hydrogens is 375 g/mol. The maximum absolute atomic E-state index is 14.0. The highest BCUT2D eigenvalue weighted by Crippen LogP contribution is 2.26. The number of hydrogen-bond acceptors (Lipinski definition) is 4. The highest BCUT2D eigenvalue weighted by atomic mass is 32.1. The number of anilines is 1. The van der Waals surface area contributed by atoms with Crippen LogP contribution in [-0.4, -0.2) is 20.7 Å². The number of carbonyl (C=O) groups excluding carboxylic acids is 1. The van der Waals surface area contributed by atoms with Gasteiger partial charge in [0.15, 0.2) is 0 Å². The van der Waals surface area contributed by atoms with Crippen LogP contribution in [0.5, 0.6) is 0 Å². The largest absolute Gasteiger partial charge is 0.322 e. The molecule has 0 saturated carbocycles. The molecule has 4 rings (SSSR count). The fraction of sp³-hybridized carbons (Fsp3) is 0.0952. The molecule has 0 atom stereocenters. The fourth-order valence-corrected chi connectivity index (χ4v) is 3.58. The first-order valence-corrected chi connectivity index (χ1v) is 9.54. The zero-order valence-electron chi connectivity index (χ0n) is 15.3. The minimum atomic E-state index is -0.528. The quantitative estimate of drug-likeness (QED) is 0.531. The molecule has 0 aliphatic carbocycles. The molecule has 140 valence electrons. The van der Waals surface area contributed by atoms with Crippen molar-refractivity contribution in [3.05, 3.63) is 82.9 Å². The minimum absolute atomic E-state index is 0.0622. The van der Waals surface area contributed by atoms with E-state index in [4.69, 9.17) is 0 Å². The molecule has 0 fully saturated rings.